The van der Waals surface area contributed by atoms with Crippen molar-refractivity contribution in [2.45, 2.75) is 38.3 Å². The van der Waals surface area contributed by atoms with Crippen molar-refractivity contribution in [2.24, 2.45) is 5.92 Å². The Morgan fingerprint density at radius 3 is 2.62 bits per heavy atom. The summed E-state index contributed by atoms with van der Waals surface area (Å²) >= 11 is 0. The summed E-state index contributed by atoms with van der Waals surface area (Å²) in [7, 11) is 0. The zero-order valence-corrected chi connectivity index (χ0v) is 8.58. The van der Waals surface area contributed by atoms with Gasteiger partial charge in [-0.05, 0) is 31.7 Å². The van der Waals surface area contributed by atoms with Crippen molar-refractivity contribution in [1.29, 1.82) is 0 Å². The summed E-state index contributed by atoms with van der Waals surface area (Å²) in [5.74, 6) is 0.993. The zero-order chi connectivity index (χ0) is 8.84. The summed E-state index contributed by atoms with van der Waals surface area (Å²) in [5.41, 5.74) is 0. The lowest BCUT2D eigenvalue weighted by Gasteiger charge is -2.37. The lowest BCUT2D eigenvalue weighted by molar-refractivity contribution is 0.0956. The molecule has 0 bridgehead atoms. The van der Waals surface area contributed by atoms with Crippen LogP contribution >= 0.6 is 0 Å². The van der Waals surface area contributed by atoms with E-state index in [1.54, 1.807) is 0 Å². The van der Waals surface area contributed by atoms with Crippen molar-refractivity contribution in [3.63, 3.8) is 0 Å². The molecule has 0 aromatic carbocycles. The van der Waals surface area contributed by atoms with E-state index in [4.69, 9.17) is 0 Å². The Morgan fingerprint density at radius 2 is 1.85 bits per heavy atom. The first kappa shape index (κ1) is 8.25. The maximum atomic E-state index is 2.75. The largest absolute Gasteiger partial charge is 0.298 e. The van der Waals surface area contributed by atoms with Gasteiger partial charge in [0.2, 0.25) is 0 Å². The van der Waals surface area contributed by atoms with Crippen LogP contribution in [0.5, 0.6) is 0 Å². The van der Waals surface area contributed by atoms with Crippen molar-refractivity contribution < 1.29 is 0 Å². The third kappa shape index (κ3) is 1.40. The van der Waals surface area contributed by atoms with E-state index in [0.717, 1.165) is 18.0 Å². The number of hydrogen-bond acceptors (Lipinski definition) is 2. The second kappa shape index (κ2) is 2.96. The van der Waals surface area contributed by atoms with Crippen LogP contribution in [0.3, 0.4) is 0 Å². The number of piperazine rings is 1. The first-order valence-corrected chi connectivity index (χ1v) is 5.82. The zero-order valence-electron chi connectivity index (χ0n) is 8.58. The van der Waals surface area contributed by atoms with Crippen LogP contribution in [-0.2, 0) is 0 Å². The summed E-state index contributed by atoms with van der Waals surface area (Å²) in [6.07, 6.45) is 4.36. The second-order valence-electron chi connectivity index (χ2n) is 5.11. The lowest BCUT2D eigenvalue weighted by atomic mass is 10.1. The minimum Gasteiger partial charge on any atom is -0.298 e. The summed E-state index contributed by atoms with van der Waals surface area (Å²) in [5, 5.41) is 0. The average molecular weight is 180 g/mol. The van der Waals surface area contributed by atoms with E-state index in [2.05, 4.69) is 16.7 Å². The minimum absolute atomic E-state index is 0.918. The van der Waals surface area contributed by atoms with Crippen molar-refractivity contribution >= 4 is 0 Å². The van der Waals surface area contributed by atoms with E-state index in [1.165, 1.54) is 45.4 Å². The SMILES string of the molecule is CC1CC1N1CCN2CCCC2C1. The molecule has 3 fully saturated rings. The highest BCUT2D eigenvalue weighted by molar-refractivity contribution is 4.97. The van der Waals surface area contributed by atoms with Gasteiger partial charge in [-0.25, -0.2) is 0 Å². The Labute approximate surface area is 80.9 Å². The van der Waals surface area contributed by atoms with Crippen LogP contribution in [-0.4, -0.2) is 48.1 Å². The third-order valence-electron chi connectivity index (χ3n) is 4.15. The predicted octanol–water partition coefficient (Wildman–Crippen LogP) is 1.17. The molecule has 0 radical (unpaired) electrons. The number of hydrogen-bond donors (Lipinski definition) is 0. The standard InChI is InChI=1S/C11H20N2/c1-9-7-11(9)13-6-5-12-4-2-3-10(12)8-13/h9-11H,2-8H2,1H3. The fourth-order valence-electron chi connectivity index (χ4n) is 3.13. The molecule has 0 aromatic heterocycles. The van der Waals surface area contributed by atoms with Crippen molar-refractivity contribution in [3.8, 4) is 0 Å². The Morgan fingerprint density at radius 1 is 1.08 bits per heavy atom. The Bertz CT molecular complexity index is 204. The Balaban J connectivity index is 1.62. The third-order valence-corrected chi connectivity index (χ3v) is 4.15. The van der Waals surface area contributed by atoms with Crippen molar-refractivity contribution in [3.05, 3.63) is 0 Å². The quantitative estimate of drug-likeness (QED) is 0.598. The maximum Gasteiger partial charge on any atom is 0.0224 e. The highest BCUT2D eigenvalue weighted by atomic mass is 15.3. The van der Waals surface area contributed by atoms with E-state index in [0.29, 0.717) is 0 Å². The summed E-state index contributed by atoms with van der Waals surface area (Å²) < 4.78 is 0. The monoisotopic (exact) mass is 180 g/mol. The highest BCUT2D eigenvalue weighted by Gasteiger charge is 2.41. The molecule has 2 aliphatic heterocycles. The molecule has 3 aliphatic rings. The molecule has 2 heterocycles. The van der Waals surface area contributed by atoms with Gasteiger partial charge in [0.1, 0.15) is 0 Å². The molecule has 1 aliphatic carbocycles. The van der Waals surface area contributed by atoms with E-state index < -0.39 is 0 Å². The maximum absolute atomic E-state index is 2.75. The van der Waals surface area contributed by atoms with Crippen LogP contribution in [0.25, 0.3) is 0 Å². The molecule has 74 valence electrons. The second-order valence-corrected chi connectivity index (χ2v) is 5.11. The van der Waals surface area contributed by atoms with E-state index in [1.807, 2.05) is 0 Å². The van der Waals surface area contributed by atoms with E-state index in [9.17, 15) is 0 Å². The van der Waals surface area contributed by atoms with Gasteiger partial charge in [-0.15, -0.1) is 0 Å². The molecule has 2 heteroatoms. The molecule has 0 spiro atoms. The van der Waals surface area contributed by atoms with Crippen LogP contribution in [0.1, 0.15) is 26.2 Å². The molecule has 0 aromatic rings. The van der Waals surface area contributed by atoms with Crippen LogP contribution in [0, 0.1) is 5.92 Å². The highest BCUT2D eigenvalue weighted by Crippen LogP contribution is 2.37. The average Bonchev–Trinajstić information content (AvgIpc) is 2.70. The molecular weight excluding hydrogens is 160 g/mol. The van der Waals surface area contributed by atoms with Gasteiger partial charge in [0.05, 0.1) is 0 Å². The normalized spacial score (nSPS) is 46.4. The van der Waals surface area contributed by atoms with Crippen LogP contribution in [0.15, 0.2) is 0 Å². The molecule has 3 unspecified atom stereocenters. The van der Waals surface area contributed by atoms with Gasteiger partial charge in [0.25, 0.3) is 0 Å². The molecule has 2 saturated heterocycles. The number of fused-ring (bicyclic) bond motifs is 1. The Hall–Kier alpha value is -0.0800. The number of nitrogens with zero attached hydrogens (tertiary/aromatic N) is 2. The summed E-state index contributed by atoms with van der Waals surface area (Å²) in [4.78, 5) is 5.45. The minimum atomic E-state index is 0.918. The van der Waals surface area contributed by atoms with Crippen LogP contribution in [0.2, 0.25) is 0 Å². The fraction of sp³-hybridized carbons (Fsp3) is 1.00. The van der Waals surface area contributed by atoms with E-state index >= 15 is 0 Å². The first-order valence-electron chi connectivity index (χ1n) is 5.82. The van der Waals surface area contributed by atoms with Gasteiger partial charge in [0, 0.05) is 31.7 Å². The molecule has 0 amide bonds. The molecule has 3 rings (SSSR count). The molecular formula is C11H20N2. The fourth-order valence-corrected chi connectivity index (χ4v) is 3.13. The van der Waals surface area contributed by atoms with Crippen LogP contribution < -0.4 is 0 Å². The lowest BCUT2D eigenvalue weighted by Crippen LogP contribution is -2.51. The Kier molecular flexibility index (Phi) is 1.88. The van der Waals surface area contributed by atoms with Crippen molar-refractivity contribution in [2.75, 3.05) is 26.2 Å². The molecule has 2 nitrogen and oxygen atoms in total. The van der Waals surface area contributed by atoms with Crippen molar-refractivity contribution in [1.82, 2.24) is 9.80 Å². The van der Waals surface area contributed by atoms with Gasteiger partial charge in [-0.2, -0.15) is 0 Å². The molecule has 3 atom stereocenters. The van der Waals surface area contributed by atoms with Crippen LogP contribution in [0.4, 0.5) is 0 Å². The summed E-state index contributed by atoms with van der Waals surface area (Å²) in [6.45, 7) is 7.82. The number of rotatable bonds is 1. The van der Waals surface area contributed by atoms with Gasteiger partial charge in [-0.3, -0.25) is 9.80 Å². The van der Waals surface area contributed by atoms with Gasteiger partial charge in [-0.1, -0.05) is 6.92 Å². The molecule has 0 N–H and O–H groups in total. The van der Waals surface area contributed by atoms with Gasteiger partial charge < -0.3 is 0 Å². The smallest absolute Gasteiger partial charge is 0.0224 e. The molecule has 13 heavy (non-hydrogen) atoms. The predicted molar refractivity (Wildman–Crippen MR) is 53.7 cm³/mol. The summed E-state index contributed by atoms with van der Waals surface area (Å²) in [6, 6.07) is 1.88. The van der Waals surface area contributed by atoms with Gasteiger partial charge >= 0.3 is 0 Å². The first-order chi connectivity index (χ1) is 6.34. The topological polar surface area (TPSA) is 6.48 Å². The van der Waals surface area contributed by atoms with Gasteiger partial charge in [0.15, 0.2) is 0 Å². The molecule has 1 saturated carbocycles. The van der Waals surface area contributed by atoms with E-state index in [-0.39, 0.29) is 0 Å².